The van der Waals surface area contributed by atoms with E-state index in [4.69, 9.17) is 5.73 Å². The molecule has 2 aromatic rings. The zero-order chi connectivity index (χ0) is 18.4. The van der Waals surface area contributed by atoms with Crippen LogP contribution >= 0.6 is 15.9 Å². The predicted octanol–water partition coefficient (Wildman–Crippen LogP) is 4.31. The van der Waals surface area contributed by atoms with Crippen LogP contribution in [0.4, 0.5) is 10.5 Å². The Morgan fingerprint density at radius 3 is 2.36 bits per heavy atom. The first-order valence-corrected chi connectivity index (χ1v) is 8.85. The number of halogens is 1. The fraction of sp³-hybridized carbons (Fsp3) is 0.263. The van der Waals surface area contributed by atoms with Crippen LogP contribution in [0, 0.1) is 0 Å². The average molecular weight is 404 g/mol. The molecule has 0 bridgehead atoms. The van der Waals surface area contributed by atoms with Gasteiger partial charge in [-0.25, -0.2) is 4.79 Å². The van der Waals surface area contributed by atoms with Crippen molar-refractivity contribution in [3.8, 4) is 0 Å². The summed E-state index contributed by atoms with van der Waals surface area (Å²) in [6, 6.07) is 14.0. The Labute approximate surface area is 156 Å². The highest BCUT2D eigenvalue weighted by Gasteiger charge is 2.17. The van der Waals surface area contributed by atoms with Gasteiger partial charge in [-0.1, -0.05) is 54.0 Å². The Morgan fingerprint density at radius 2 is 1.76 bits per heavy atom. The second-order valence-corrected chi connectivity index (χ2v) is 7.06. The monoisotopic (exact) mass is 403 g/mol. The van der Waals surface area contributed by atoms with E-state index in [1.54, 1.807) is 0 Å². The number of benzene rings is 2. The van der Waals surface area contributed by atoms with E-state index in [1.165, 1.54) is 0 Å². The maximum absolute atomic E-state index is 12.4. The lowest BCUT2D eigenvalue weighted by atomic mass is 10.0. The van der Waals surface area contributed by atoms with E-state index in [0.717, 1.165) is 21.3 Å². The molecule has 0 saturated carbocycles. The Kier molecular flexibility index (Phi) is 6.58. The van der Waals surface area contributed by atoms with E-state index in [-0.39, 0.29) is 12.3 Å². The molecule has 0 aliphatic rings. The van der Waals surface area contributed by atoms with E-state index in [2.05, 4.69) is 40.4 Å². The number of hydrogen-bond donors (Lipinski definition) is 3. The van der Waals surface area contributed by atoms with Gasteiger partial charge >= 0.3 is 6.03 Å². The first-order valence-electron chi connectivity index (χ1n) is 8.06. The van der Waals surface area contributed by atoms with Crippen molar-refractivity contribution >= 4 is 33.6 Å². The van der Waals surface area contributed by atoms with E-state index in [1.807, 2.05) is 48.5 Å². The van der Waals surface area contributed by atoms with Crippen LogP contribution in [-0.4, -0.2) is 11.9 Å². The summed E-state index contributed by atoms with van der Waals surface area (Å²) in [7, 11) is 0. The minimum absolute atomic E-state index is 0.0937. The molecule has 132 valence electrons. The molecule has 0 aliphatic carbocycles. The molecular weight excluding hydrogens is 382 g/mol. The van der Waals surface area contributed by atoms with Gasteiger partial charge in [0.15, 0.2) is 0 Å². The summed E-state index contributed by atoms with van der Waals surface area (Å²) in [5, 5.41) is 5.51. The predicted molar refractivity (Wildman–Crippen MR) is 103 cm³/mol. The van der Waals surface area contributed by atoms with Crippen LogP contribution in [0.5, 0.6) is 0 Å². The van der Waals surface area contributed by atoms with Crippen LogP contribution < -0.4 is 16.4 Å². The van der Waals surface area contributed by atoms with Crippen molar-refractivity contribution in [2.75, 3.05) is 5.32 Å². The number of rotatable bonds is 6. The fourth-order valence-electron chi connectivity index (χ4n) is 2.49. The smallest absolute Gasteiger partial charge is 0.312 e. The number of nitrogens with one attached hydrogen (secondary N) is 2. The fourth-order valence-corrected chi connectivity index (χ4v) is 2.76. The van der Waals surface area contributed by atoms with Gasteiger partial charge < -0.3 is 16.4 Å². The van der Waals surface area contributed by atoms with E-state index in [9.17, 15) is 9.59 Å². The lowest BCUT2D eigenvalue weighted by Gasteiger charge is -2.18. The molecule has 2 aromatic carbocycles. The summed E-state index contributed by atoms with van der Waals surface area (Å²) in [5.41, 5.74) is 7.96. The molecule has 4 N–H and O–H groups in total. The van der Waals surface area contributed by atoms with Crippen molar-refractivity contribution in [1.29, 1.82) is 0 Å². The van der Waals surface area contributed by atoms with E-state index < -0.39 is 12.1 Å². The summed E-state index contributed by atoms with van der Waals surface area (Å²) >= 11 is 3.37. The second kappa shape index (κ2) is 8.67. The molecule has 0 saturated heterocycles. The number of carbonyl (C=O) groups excluding carboxylic acids is 2. The molecule has 2 rings (SSSR count). The minimum Gasteiger partial charge on any atom is -0.352 e. The molecule has 0 aromatic heterocycles. The maximum Gasteiger partial charge on any atom is 0.312 e. The van der Waals surface area contributed by atoms with Crippen LogP contribution in [0.25, 0.3) is 0 Å². The first kappa shape index (κ1) is 19.0. The Morgan fingerprint density at radius 1 is 1.08 bits per heavy atom. The summed E-state index contributed by atoms with van der Waals surface area (Å²) in [4.78, 5) is 23.7. The van der Waals surface area contributed by atoms with Crippen LogP contribution in [0.1, 0.15) is 43.4 Å². The van der Waals surface area contributed by atoms with Crippen molar-refractivity contribution in [3.63, 3.8) is 0 Å². The number of hydrogen-bond acceptors (Lipinski definition) is 2. The molecule has 0 heterocycles. The van der Waals surface area contributed by atoms with E-state index in [0.29, 0.717) is 5.92 Å². The molecule has 3 amide bonds. The van der Waals surface area contributed by atoms with E-state index >= 15 is 0 Å². The molecular formula is C19H22BrN3O2. The van der Waals surface area contributed by atoms with Gasteiger partial charge in [-0.05, 0) is 41.3 Å². The summed E-state index contributed by atoms with van der Waals surface area (Å²) in [5.74, 6) is 0.187. The third-order valence-corrected chi connectivity index (χ3v) is 4.34. The molecule has 6 heteroatoms. The number of anilines is 1. The van der Waals surface area contributed by atoms with Crippen molar-refractivity contribution in [2.24, 2.45) is 5.73 Å². The molecule has 25 heavy (non-hydrogen) atoms. The number of primary amides is 1. The van der Waals surface area contributed by atoms with Gasteiger partial charge in [-0.15, -0.1) is 0 Å². The number of amides is 3. The van der Waals surface area contributed by atoms with Crippen LogP contribution in [-0.2, 0) is 4.79 Å². The van der Waals surface area contributed by atoms with Crippen molar-refractivity contribution in [1.82, 2.24) is 5.32 Å². The van der Waals surface area contributed by atoms with Gasteiger partial charge in [-0.2, -0.15) is 0 Å². The zero-order valence-corrected chi connectivity index (χ0v) is 15.8. The lowest BCUT2D eigenvalue weighted by molar-refractivity contribution is -0.116. The molecule has 1 atom stereocenters. The van der Waals surface area contributed by atoms with Gasteiger partial charge in [0.25, 0.3) is 0 Å². The van der Waals surface area contributed by atoms with Crippen LogP contribution in [0.2, 0.25) is 0 Å². The maximum atomic E-state index is 12.4. The Hall–Kier alpha value is -2.34. The summed E-state index contributed by atoms with van der Waals surface area (Å²) < 4.78 is 0.920. The third-order valence-electron chi connectivity index (χ3n) is 3.82. The lowest BCUT2D eigenvalue weighted by Crippen LogP contribution is -2.35. The SMILES string of the molecule is CC(C)c1cccc(NC(=O)C[C@@H](NC(N)=O)c2ccc(Br)cc2)c1. The highest BCUT2D eigenvalue weighted by atomic mass is 79.9. The van der Waals surface area contributed by atoms with Gasteiger partial charge in [-0.3, -0.25) is 4.79 Å². The number of nitrogens with two attached hydrogens (primary N) is 1. The van der Waals surface area contributed by atoms with Crippen LogP contribution in [0.15, 0.2) is 53.0 Å². The summed E-state index contributed by atoms with van der Waals surface area (Å²) in [6.45, 7) is 4.20. The first-order chi connectivity index (χ1) is 11.8. The minimum atomic E-state index is -0.664. The van der Waals surface area contributed by atoms with Crippen molar-refractivity contribution < 1.29 is 9.59 Å². The normalized spacial score (nSPS) is 11.8. The average Bonchev–Trinajstić information content (AvgIpc) is 2.54. The Balaban J connectivity index is 2.10. The Bertz CT molecular complexity index is 745. The molecule has 0 aliphatic heterocycles. The van der Waals surface area contributed by atoms with Crippen molar-refractivity contribution in [2.45, 2.75) is 32.2 Å². The molecule has 0 radical (unpaired) electrons. The zero-order valence-electron chi connectivity index (χ0n) is 14.3. The highest BCUT2D eigenvalue weighted by molar-refractivity contribution is 9.10. The number of carbonyl (C=O) groups is 2. The van der Waals surface area contributed by atoms with Crippen molar-refractivity contribution in [3.05, 3.63) is 64.1 Å². The standard InChI is InChI=1S/C19H22BrN3O2/c1-12(2)14-4-3-5-16(10-14)22-18(24)11-17(23-19(21)25)13-6-8-15(20)9-7-13/h3-10,12,17H,11H2,1-2H3,(H,22,24)(H3,21,23,25)/t17-/m1/s1. The number of urea groups is 1. The van der Waals surface area contributed by atoms with Gasteiger partial charge in [0.2, 0.25) is 5.91 Å². The largest absolute Gasteiger partial charge is 0.352 e. The van der Waals surface area contributed by atoms with Gasteiger partial charge in [0.1, 0.15) is 0 Å². The summed E-state index contributed by atoms with van der Waals surface area (Å²) in [6.07, 6.45) is 0.0937. The quantitative estimate of drug-likeness (QED) is 0.670. The van der Waals surface area contributed by atoms with Crippen LogP contribution in [0.3, 0.4) is 0 Å². The molecule has 5 nitrogen and oxygen atoms in total. The second-order valence-electron chi connectivity index (χ2n) is 6.15. The third kappa shape index (κ3) is 5.90. The topological polar surface area (TPSA) is 84.2 Å². The van der Waals surface area contributed by atoms with Gasteiger partial charge in [0.05, 0.1) is 12.5 Å². The molecule has 0 spiro atoms. The molecule has 0 unspecified atom stereocenters. The molecule has 0 fully saturated rings. The van der Waals surface area contributed by atoms with Gasteiger partial charge in [0, 0.05) is 10.2 Å². The highest BCUT2D eigenvalue weighted by Crippen LogP contribution is 2.22.